The van der Waals surface area contributed by atoms with Crippen LogP contribution in [0.2, 0.25) is 0 Å². The highest BCUT2D eigenvalue weighted by Crippen LogP contribution is 2.50. The van der Waals surface area contributed by atoms with Crippen LogP contribution >= 0.6 is 11.6 Å². The highest BCUT2D eigenvalue weighted by Gasteiger charge is 2.40. The highest BCUT2D eigenvalue weighted by molar-refractivity contribution is 6.18. The molecule has 0 aromatic carbocycles. The van der Waals surface area contributed by atoms with Gasteiger partial charge in [0.25, 0.3) is 0 Å². The first kappa shape index (κ1) is 12.4. The molecular formula is C13H25Cl. The number of unbranched alkanes of at least 4 members (excludes halogenated alkanes) is 6. The molecule has 0 atom stereocenters. The van der Waals surface area contributed by atoms with Crippen LogP contribution in [0, 0.1) is 5.41 Å². The van der Waals surface area contributed by atoms with E-state index < -0.39 is 0 Å². The maximum absolute atomic E-state index is 5.94. The van der Waals surface area contributed by atoms with Gasteiger partial charge in [0.1, 0.15) is 0 Å². The first-order valence-electron chi connectivity index (χ1n) is 6.39. The summed E-state index contributed by atoms with van der Waals surface area (Å²) in [6.45, 7) is 2.28. The van der Waals surface area contributed by atoms with Crippen molar-refractivity contribution < 1.29 is 0 Å². The Morgan fingerprint density at radius 1 is 0.929 bits per heavy atom. The fourth-order valence-electron chi connectivity index (χ4n) is 2.08. The van der Waals surface area contributed by atoms with Crippen LogP contribution in [-0.4, -0.2) is 5.88 Å². The van der Waals surface area contributed by atoms with Gasteiger partial charge >= 0.3 is 0 Å². The first-order valence-corrected chi connectivity index (χ1v) is 6.92. The number of alkyl halides is 1. The molecule has 1 heteroatoms. The molecule has 1 saturated carbocycles. The molecule has 1 rings (SSSR count). The van der Waals surface area contributed by atoms with E-state index in [1.54, 1.807) is 0 Å². The Balaban J connectivity index is 1.80. The summed E-state index contributed by atoms with van der Waals surface area (Å²) in [6, 6.07) is 0. The molecule has 14 heavy (non-hydrogen) atoms. The van der Waals surface area contributed by atoms with E-state index in [0.717, 1.165) is 5.88 Å². The fraction of sp³-hybridized carbons (Fsp3) is 1.00. The van der Waals surface area contributed by atoms with Crippen molar-refractivity contribution in [3.05, 3.63) is 0 Å². The standard InChI is InChI=1S/C13H25Cl/c1-2-3-4-5-6-7-8-9-13(12-14)10-11-13/h2-12H2,1H3. The minimum Gasteiger partial charge on any atom is -0.126 e. The van der Waals surface area contributed by atoms with Gasteiger partial charge in [-0.05, 0) is 24.7 Å². The summed E-state index contributed by atoms with van der Waals surface area (Å²) < 4.78 is 0. The van der Waals surface area contributed by atoms with E-state index >= 15 is 0 Å². The summed E-state index contributed by atoms with van der Waals surface area (Å²) >= 11 is 5.94. The van der Waals surface area contributed by atoms with Crippen LogP contribution < -0.4 is 0 Å². The zero-order valence-electron chi connectivity index (χ0n) is 9.66. The van der Waals surface area contributed by atoms with Gasteiger partial charge in [-0.3, -0.25) is 0 Å². The molecule has 1 aliphatic rings. The van der Waals surface area contributed by atoms with Crippen molar-refractivity contribution in [2.75, 3.05) is 5.88 Å². The third-order valence-corrected chi connectivity index (χ3v) is 4.12. The molecule has 0 bridgehead atoms. The molecule has 0 aliphatic heterocycles. The Bertz CT molecular complexity index is 138. The predicted octanol–water partition coefficient (Wildman–Crippen LogP) is 5.15. The summed E-state index contributed by atoms with van der Waals surface area (Å²) in [6.07, 6.45) is 14.1. The maximum Gasteiger partial charge on any atom is 0.0280 e. The molecule has 0 heterocycles. The first-order chi connectivity index (χ1) is 6.83. The Morgan fingerprint density at radius 2 is 1.50 bits per heavy atom. The van der Waals surface area contributed by atoms with Crippen molar-refractivity contribution >= 4 is 11.6 Å². The second kappa shape index (κ2) is 6.71. The summed E-state index contributed by atoms with van der Waals surface area (Å²) in [5.74, 6) is 0.906. The summed E-state index contributed by atoms with van der Waals surface area (Å²) in [7, 11) is 0. The van der Waals surface area contributed by atoms with Gasteiger partial charge in [-0.15, -0.1) is 11.6 Å². The molecule has 84 valence electrons. The van der Waals surface area contributed by atoms with Crippen molar-refractivity contribution in [1.82, 2.24) is 0 Å². The van der Waals surface area contributed by atoms with Gasteiger partial charge in [0.05, 0.1) is 0 Å². The molecule has 0 amide bonds. The quantitative estimate of drug-likeness (QED) is 0.370. The molecule has 0 spiro atoms. The Hall–Kier alpha value is 0.290. The fourth-order valence-corrected chi connectivity index (χ4v) is 2.49. The lowest BCUT2D eigenvalue weighted by Gasteiger charge is -2.09. The topological polar surface area (TPSA) is 0 Å². The van der Waals surface area contributed by atoms with E-state index in [9.17, 15) is 0 Å². The highest BCUT2D eigenvalue weighted by atomic mass is 35.5. The molecular weight excluding hydrogens is 192 g/mol. The van der Waals surface area contributed by atoms with E-state index in [1.807, 2.05) is 0 Å². The van der Waals surface area contributed by atoms with Crippen molar-refractivity contribution in [2.45, 2.75) is 71.1 Å². The van der Waals surface area contributed by atoms with Crippen molar-refractivity contribution in [3.63, 3.8) is 0 Å². The van der Waals surface area contributed by atoms with E-state index in [-0.39, 0.29) is 0 Å². The lowest BCUT2D eigenvalue weighted by molar-refractivity contribution is 0.472. The third-order valence-electron chi connectivity index (χ3n) is 3.55. The third kappa shape index (κ3) is 4.68. The molecule has 0 aromatic rings. The van der Waals surface area contributed by atoms with Crippen LogP contribution in [0.15, 0.2) is 0 Å². The summed E-state index contributed by atoms with van der Waals surface area (Å²) in [5.41, 5.74) is 0.602. The van der Waals surface area contributed by atoms with Gasteiger partial charge in [0, 0.05) is 5.88 Å². The minimum absolute atomic E-state index is 0.602. The van der Waals surface area contributed by atoms with Gasteiger partial charge in [0.15, 0.2) is 0 Å². The maximum atomic E-state index is 5.94. The van der Waals surface area contributed by atoms with Crippen molar-refractivity contribution in [3.8, 4) is 0 Å². The van der Waals surface area contributed by atoms with E-state index in [0.29, 0.717) is 5.41 Å². The Morgan fingerprint density at radius 3 is 2.00 bits per heavy atom. The van der Waals surface area contributed by atoms with Crippen LogP contribution in [0.5, 0.6) is 0 Å². The van der Waals surface area contributed by atoms with Crippen molar-refractivity contribution in [1.29, 1.82) is 0 Å². The molecule has 0 aromatic heterocycles. The van der Waals surface area contributed by atoms with E-state index in [4.69, 9.17) is 11.6 Å². The second-order valence-corrected chi connectivity index (χ2v) is 5.27. The second-order valence-electron chi connectivity index (χ2n) is 5.00. The van der Waals surface area contributed by atoms with Crippen LogP contribution in [0.1, 0.15) is 71.1 Å². The molecule has 0 nitrogen and oxygen atoms in total. The number of hydrogen-bond donors (Lipinski definition) is 0. The number of halogens is 1. The predicted molar refractivity (Wildman–Crippen MR) is 65.0 cm³/mol. The Kier molecular flexibility index (Phi) is 5.93. The number of hydrogen-bond acceptors (Lipinski definition) is 0. The molecule has 1 aliphatic carbocycles. The average molecular weight is 217 g/mol. The molecule has 0 unspecified atom stereocenters. The molecule has 0 N–H and O–H groups in total. The van der Waals surface area contributed by atoms with E-state index in [1.165, 1.54) is 64.2 Å². The SMILES string of the molecule is CCCCCCCCCC1(CCl)CC1. The monoisotopic (exact) mass is 216 g/mol. The smallest absolute Gasteiger partial charge is 0.0280 e. The molecule has 0 saturated heterocycles. The van der Waals surface area contributed by atoms with Crippen LogP contribution in [0.4, 0.5) is 0 Å². The number of rotatable bonds is 9. The van der Waals surface area contributed by atoms with Crippen LogP contribution in [-0.2, 0) is 0 Å². The van der Waals surface area contributed by atoms with Crippen LogP contribution in [0.3, 0.4) is 0 Å². The normalized spacial score (nSPS) is 18.4. The summed E-state index contributed by atoms with van der Waals surface area (Å²) in [5, 5.41) is 0. The minimum atomic E-state index is 0.602. The largest absolute Gasteiger partial charge is 0.126 e. The average Bonchev–Trinajstić information content (AvgIpc) is 2.98. The zero-order chi connectivity index (χ0) is 10.3. The lowest BCUT2D eigenvalue weighted by Crippen LogP contribution is -2.01. The zero-order valence-corrected chi connectivity index (χ0v) is 10.4. The Labute approximate surface area is 94.4 Å². The van der Waals surface area contributed by atoms with Gasteiger partial charge in [-0.25, -0.2) is 0 Å². The summed E-state index contributed by atoms with van der Waals surface area (Å²) in [4.78, 5) is 0. The van der Waals surface area contributed by atoms with Gasteiger partial charge in [-0.2, -0.15) is 0 Å². The van der Waals surface area contributed by atoms with Gasteiger partial charge in [-0.1, -0.05) is 51.9 Å². The molecule has 1 fully saturated rings. The van der Waals surface area contributed by atoms with E-state index in [2.05, 4.69) is 6.92 Å². The van der Waals surface area contributed by atoms with Crippen LogP contribution in [0.25, 0.3) is 0 Å². The van der Waals surface area contributed by atoms with Gasteiger partial charge < -0.3 is 0 Å². The molecule has 0 radical (unpaired) electrons. The van der Waals surface area contributed by atoms with Crippen molar-refractivity contribution in [2.24, 2.45) is 5.41 Å². The van der Waals surface area contributed by atoms with Gasteiger partial charge in [0.2, 0.25) is 0 Å². The lowest BCUT2D eigenvalue weighted by atomic mass is 9.99.